The average molecular weight is 326 g/mol. The number of anilines is 1. The smallest absolute Gasteiger partial charge is 0.267 e. The van der Waals surface area contributed by atoms with E-state index in [0.29, 0.717) is 10.0 Å². The minimum Gasteiger partial charge on any atom is -0.297 e. The molecule has 1 aliphatic carbocycles. The van der Waals surface area contributed by atoms with Crippen molar-refractivity contribution in [3.8, 4) is 11.3 Å². The zero-order chi connectivity index (χ0) is 14.9. The number of hydrogen-bond acceptors (Lipinski definition) is 4. The van der Waals surface area contributed by atoms with Gasteiger partial charge in [0.25, 0.3) is 5.91 Å². The van der Waals surface area contributed by atoms with Gasteiger partial charge in [0.05, 0.1) is 10.6 Å². The third-order valence-corrected chi connectivity index (χ3v) is 5.49. The van der Waals surface area contributed by atoms with Crippen LogP contribution in [0.5, 0.6) is 0 Å². The third-order valence-electron chi connectivity index (χ3n) is 3.86. The first-order valence-electron chi connectivity index (χ1n) is 7.22. The number of nitrogens with zero attached hydrogens (tertiary/aromatic N) is 1. The molecule has 0 bridgehead atoms. The second-order valence-electron chi connectivity index (χ2n) is 5.31. The summed E-state index contributed by atoms with van der Waals surface area (Å²) < 4.78 is 0. The molecule has 2 aromatic heterocycles. The Kier molecular flexibility index (Phi) is 3.52. The molecule has 0 atom stereocenters. The zero-order valence-corrected chi connectivity index (χ0v) is 13.5. The van der Waals surface area contributed by atoms with Crippen molar-refractivity contribution in [3.05, 3.63) is 57.1 Å². The van der Waals surface area contributed by atoms with Gasteiger partial charge in [-0.25, -0.2) is 4.98 Å². The Hall–Kier alpha value is -1.98. The number of rotatable bonds is 3. The first kappa shape index (κ1) is 13.7. The van der Waals surface area contributed by atoms with Crippen LogP contribution in [0.3, 0.4) is 0 Å². The van der Waals surface area contributed by atoms with Gasteiger partial charge in [-0.05, 0) is 47.9 Å². The van der Waals surface area contributed by atoms with Gasteiger partial charge >= 0.3 is 0 Å². The Morgan fingerprint density at radius 3 is 2.91 bits per heavy atom. The van der Waals surface area contributed by atoms with Crippen molar-refractivity contribution in [2.45, 2.75) is 19.3 Å². The van der Waals surface area contributed by atoms with Crippen LogP contribution in [-0.2, 0) is 12.8 Å². The summed E-state index contributed by atoms with van der Waals surface area (Å²) >= 11 is 2.90. The Morgan fingerprint density at radius 2 is 2.05 bits per heavy atom. The van der Waals surface area contributed by atoms with E-state index in [-0.39, 0.29) is 5.91 Å². The molecule has 0 aliphatic heterocycles. The second-order valence-corrected chi connectivity index (χ2v) is 7.11. The molecule has 2 heterocycles. The van der Waals surface area contributed by atoms with Crippen molar-refractivity contribution in [2.24, 2.45) is 0 Å². The Morgan fingerprint density at radius 1 is 1.14 bits per heavy atom. The Bertz CT molecular complexity index is 821. The Balaban J connectivity index is 1.55. The summed E-state index contributed by atoms with van der Waals surface area (Å²) in [5.41, 5.74) is 4.97. The number of fused-ring (bicyclic) bond motifs is 1. The van der Waals surface area contributed by atoms with Crippen molar-refractivity contribution in [3.63, 3.8) is 0 Å². The highest BCUT2D eigenvalue weighted by Gasteiger charge is 2.14. The van der Waals surface area contributed by atoms with E-state index in [2.05, 4.69) is 28.5 Å². The highest BCUT2D eigenvalue weighted by Crippen LogP contribution is 2.30. The fraction of sp³-hybridized carbons (Fsp3) is 0.176. The number of thiophene rings is 1. The maximum atomic E-state index is 12.0. The highest BCUT2D eigenvalue weighted by atomic mass is 32.1. The number of thiazole rings is 1. The van der Waals surface area contributed by atoms with Crippen LogP contribution < -0.4 is 5.32 Å². The number of aryl methyl sites for hydroxylation is 2. The highest BCUT2D eigenvalue weighted by molar-refractivity contribution is 7.14. The fourth-order valence-corrected chi connectivity index (χ4v) is 4.10. The Labute approximate surface area is 136 Å². The molecule has 0 saturated heterocycles. The van der Waals surface area contributed by atoms with Gasteiger partial charge in [-0.15, -0.1) is 22.7 Å². The van der Waals surface area contributed by atoms with Crippen LogP contribution in [0.2, 0.25) is 0 Å². The molecule has 3 nitrogen and oxygen atoms in total. The normalized spacial score (nSPS) is 13.1. The molecule has 1 aliphatic rings. The molecule has 22 heavy (non-hydrogen) atoms. The van der Waals surface area contributed by atoms with Crippen LogP contribution >= 0.6 is 22.7 Å². The molecule has 0 fully saturated rings. The standard InChI is InChI=1S/C17H14N2OS2/c20-16(15-5-2-8-21-15)19-17-18-14(10-22-17)13-7-6-11-3-1-4-12(11)9-13/h2,5-10H,1,3-4H2,(H,18,19,20). The molecule has 110 valence electrons. The van der Waals surface area contributed by atoms with E-state index < -0.39 is 0 Å². The van der Waals surface area contributed by atoms with Crippen molar-refractivity contribution in [1.82, 2.24) is 4.98 Å². The molecule has 5 heteroatoms. The average Bonchev–Trinajstić information content (AvgIpc) is 3.27. The fourth-order valence-electron chi connectivity index (χ4n) is 2.76. The van der Waals surface area contributed by atoms with E-state index in [9.17, 15) is 4.79 Å². The zero-order valence-electron chi connectivity index (χ0n) is 11.8. The number of aromatic nitrogens is 1. The molecule has 3 aromatic rings. The van der Waals surface area contributed by atoms with Crippen molar-refractivity contribution in [1.29, 1.82) is 0 Å². The molecule has 4 rings (SSSR count). The number of nitrogens with one attached hydrogen (secondary N) is 1. The minimum absolute atomic E-state index is 0.0927. The predicted octanol–water partition coefficient (Wildman–Crippen LogP) is 4.61. The monoisotopic (exact) mass is 326 g/mol. The third kappa shape index (κ3) is 2.58. The number of carbonyl (C=O) groups is 1. The molecule has 1 aromatic carbocycles. The summed E-state index contributed by atoms with van der Waals surface area (Å²) in [5, 5.41) is 7.41. The van der Waals surface area contributed by atoms with Crippen molar-refractivity contribution in [2.75, 3.05) is 5.32 Å². The maximum Gasteiger partial charge on any atom is 0.267 e. The maximum absolute atomic E-state index is 12.0. The van der Waals surface area contributed by atoms with E-state index >= 15 is 0 Å². The van der Waals surface area contributed by atoms with E-state index in [1.165, 1.54) is 46.6 Å². The molecule has 0 saturated carbocycles. The number of benzene rings is 1. The summed E-state index contributed by atoms with van der Waals surface area (Å²) in [4.78, 5) is 17.3. The number of amides is 1. The molecule has 0 radical (unpaired) electrons. The number of carbonyl (C=O) groups excluding carboxylic acids is 1. The molecule has 1 amide bonds. The quantitative estimate of drug-likeness (QED) is 0.763. The SMILES string of the molecule is O=C(Nc1nc(-c2ccc3c(c2)CCC3)cs1)c1cccs1. The number of hydrogen-bond donors (Lipinski definition) is 1. The summed E-state index contributed by atoms with van der Waals surface area (Å²) in [6, 6.07) is 10.3. The lowest BCUT2D eigenvalue weighted by atomic mass is 10.1. The molecular weight excluding hydrogens is 312 g/mol. The molecular formula is C17H14N2OS2. The predicted molar refractivity (Wildman–Crippen MR) is 91.8 cm³/mol. The molecule has 0 unspecified atom stereocenters. The van der Waals surface area contributed by atoms with Gasteiger partial charge in [0.15, 0.2) is 5.13 Å². The van der Waals surface area contributed by atoms with Crippen LogP contribution in [-0.4, -0.2) is 10.9 Å². The lowest BCUT2D eigenvalue weighted by Crippen LogP contribution is -2.09. The lowest BCUT2D eigenvalue weighted by Gasteiger charge is -2.02. The van der Waals surface area contributed by atoms with E-state index in [0.717, 1.165) is 17.7 Å². The van der Waals surface area contributed by atoms with Gasteiger partial charge in [-0.1, -0.05) is 18.2 Å². The summed E-state index contributed by atoms with van der Waals surface area (Å²) in [7, 11) is 0. The van der Waals surface area contributed by atoms with Crippen molar-refractivity contribution >= 4 is 33.7 Å². The van der Waals surface area contributed by atoms with E-state index in [1.807, 2.05) is 22.9 Å². The second kappa shape index (κ2) is 5.66. The van der Waals surface area contributed by atoms with Crippen LogP contribution in [0.15, 0.2) is 41.1 Å². The molecule has 0 spiro atoms. The lowest BCUT2D eigenvalue weighted by molar-refractivity contribution is 0.103. The topological polar surface area (TPSA) is 42.0 Å². The van der Waals surface area contributed by atoms with Gasteiger partial charge in [-0.3, -0.25) is 10.1 Å². The largest absolute Gasteiger partial charge is 0.297 e. The van der Waals surface area contributed by atoms with Crippen LogP contribution in [0, 0.1) is 0 Å². The van der Waals surface area contributed by atoms with Crippen LogP contribution in [0.25, 0.3) is 11.3 Å². The first-order valence-corrected chi connectivity index (χ1v) is 8.98. The van der Waals surface area contributed by atoms with Gasteiger partial charge in [0, 0.05) is 10.9 Å². The first-order chi connectivity index (χ1) is 10.8. The van der Waals surface area contributed by atoms with E-state index in [1.54, 1.807) is 0 Å². The van der Waals surface area contributed by atoms with Gasteiger partial charge in [0.1, 0.15) is 0 Å². The van der Waals surface area contributed by atoms with E-state index in [4.69, 9.17) is 0 Å². The van der Waals surface area contributed by atoms with Crippen LogP contribution in [0.1, 0.15) is 27.2 Å². The molecule has 1 N–H and O–H groups in total. The summed E-state index contributed by atoms with van der Waals surface area (Å²) in [6.45, 7) is 0. The van der Waals surface area contributed by atoms with Gasteiger partial charge in [0.2, 0.25) is 0 Å². The van der Waals surface area contributed by atoms with Crippen LogP contribution in [0.4, 0.5) is 5.13 Å². The van der Waals surface area contributed by atoms with Crippen molar-refractivity contribution < 1.29 is 4.79 Å². The van der Waals surface area contributed by atoms with Gasteiger partial charge in [-0.2, -0.15) is 0 Å². The summed E-state index contributed by atoms with van der Waals surface area (Å²) in [5.74, 6) is -0.0927. The minimum atomic E-state index is -0.0927. The summed E-state index contributed by atoms with van der Waals surface area (Å²) in [6.07, 6.45) is 3.60. The van der Waals surface area contributed by atoms with Gasteiger partial charge < -0.3 is 0 Å².